The van der Waals surface area contributed by atoms with E-state index in [2.05, 4.69) is 24.9 Å². The second-order valence-corrected chi connectivity index (χ2v) is 3.04. The number of ether oxygens (including phenoxy) is 2. The maximum atomic E-state index is 11.4. The fraction of sp³-hybridized carbons (Fsp3) is 0.300. The summed E-state index contributed by atoms with van der Waals surface area (Å²) in [6.45, 7) is 4.73. The van der Waals surface area contributed by atoms with Gasteiger partial charge in [-0.1, -0.05) is 6.58 Å². The van der Waals surface area contributed by atoms with Gasteiger partial charge in [0.25, 0.3) is 0 Å². The van der Waals surface area contributed by atoms with Gasteiger partial charge in [-0.25, -0.2) is 9.59 Å². The molecule has 0 bridgehead atoms. The summed E-state index contributed by atoms with van der Waals surface area (Å²) in [6, 6.07) is 0. The van der Waals surface area contributed by atoms with Crippen LogP contribution in [0.4, 0.5) is 0 Å². The number of aryl methyl sites for hydroxylation is 1. The minimum atomic E-state index is -0.983. The van der Waals surface area contributed by atoms with Crippen molar-refractivity contribution in [2.75, 3.05) is 7.11 Å². The summed E-state index contributed by atoms with van der Waals surface area (Å²) in [5, 5.41) is 0. The Morgan fingerprint density at radius 1 is 1.35 bits per heavy atom. The van der Waals surface area contributed by atoms with Gasteiger partial charge in [0.1, 0.15) is 0 Å². The first kappa shape index (κ1) is 12.8. The van der Waals surface area contributed by atoms with Crippen LogP contribution in [0.2, 0.25) is 0 Å². The van der Waals surface area contributed by atoms with Crippen LogP contribution in [0.1, 0.15) is 12.2 Å². The van der Waals surface area contributed by atoms with Gasteiger partial charge in [0, 0.05) is 12.5 Å². The second kappa shape index (κ2) is 5.15. The third kappa shape index (κ3) is 3.33. The van der Waals surface area contributed by atoms with Gasteiger partial charge >= 0.3 is 23.7 Å². The molecule has 17 heavy (non-hydrogen) atoms. The van der Waals surface area contributed by atoms with Crippen molar-refractivity contribution < 1.29 is 27.9 Å². The summed E-state index contributed by atoms with van der Waals surface area (Å²) in [4.78, 5) is 32.9. The van der Waals surface area contributed by atoms with Crippen molar-refractivity contribution in [3.05, 3.63) is 28.5 Å². The lowest BCUT2D eigenvalue weighted by Gasteiger charge is -2.02. The van der Waals surface area contributed by atoms with E-state index in [-0.39, 0.29) is 23.7 Å². The van der Waals surface area contributed by atoms with Crippen LogP contribution in [-0.2, 0) is 14.3 Å². The zero-order chi connectivity index (χ0) is 13.0. The van der Waals surface area contributed by atoms with Crippen LogP contribution in [0.5, 0.6) is 5.95 Å². The molecule has 0 saturated carbocycles. The molecule has 0 aliphatic rings. The Balaban J connectivity index is 2.66. The molecule has 0 amide bonds. The first-order valence-corrected chi connectivity index (χ1v) is 4.51. The van der Waals surface area contributed by atoms with Gasteiger partial charge in [-0.05, 0) is 0 Å². The molecule has 0 spiro atoms. The van der Waals surface area contributed by atoms with Crippen LogP contribution in [0, 0.1) is 6.92 Å². The van der Waals surface area contributed by atoms with Crippen molar-refractivity contribution >= 4 is 11.9 Å². The predicted molar refractivity (Wildman–Crippen MR) is 53.4 cm³/mol. The molecule has 7 nitrogen and oxygen atoms in total. The third-order valence-electron chi connectivity index (χ3n) is 1.76. The fourth-order valence-electron chi connectivity index (χ4n) is 0.903. The van der Waals surface area contributed by atoms with E-state index in [1.54, 1.807) is 0 Å². The number of esters is 2. The summed E-state index contributed by atoms with van der Waals surface area (Å²) in [5.74, 6) is -2.84. The topological polar surface area (TPSA) is 96.0 Å². The monoisotopic (exact) mass is 242 g/mol. The predicted octanol–water partition coefficient (Wildman–Crippen LogP) is 0.566. The normalized spacial score (nSPS) is 9.76. The molecule has 0 radical (unpaired) electrons. The standard InChI is InChI=1S/C10H10O7/c1-5(4-7(11)14-3)8(12)16-9-6(2)15-10(13)17-9/h1,4H2,2-3H3. The summed E-state index contributed by atoms with van der Waals surface area (Å²) >= 11 is 0. The highest BCUT2D eigenvalue weighted by Crippen LogP contribution is 2.16. The highest BCUT2D eigenvalue weighted by molar-refractivity contribution is 5.94. The SMILES string of the molecule is C=C(CC(=O)OC)C(=O)Oc1oc(=O)oc1C. The lowest BCUT2D eigenvalue weighted by atomic mass is 10.2. The van der Waals surface area contributed by atoms with Crippen molar-refractivity contribution in [1.82, 2.24) is 0 Å². The van der Waals surface area contributed by atoms with Gasteiger partial charge < -0.3 is 18.3 Å². The first-order valence-electron chi connectivity index (χ1n) is 4.51. The van der Waals surface area contributed by atoms with Gasteiger partial charge in [-0.3, -0.25) is 4.79 Å². The average molecular weight is 242 g/mol. The van der Waals surface area contributed by atoms with E-state index in [9.17, 15) is 14.4 Å². The summed E-state index contributed by atoms with van der Waals surface area (Å²) in [5.41, 5.74) is -0.125. The van der Waals surface area contributed by atoms with E-state index in [0.717, 1.165) is 0 Å². The molecular weight excluding hydrogens is 232 g/mol. The van der Waals surface area contributed by atoms with E-state index >= 15 is 0 Å². The molecule has 0 aliphatic heterocycles. The minimum Gasteiger partial charge on any atom is -0.469 e. The maximum absolute atomic E-state index is 11.4. The first-order chi connectivity index (χ1) is 7.93. The van der Waals surface area contributed by atoms with Crippen molar-refractivity contribution in [1.29, 1.82) is 0 Å². The summed E-state index contributed by atoms with van der Waals surface area (Å²) in [6.07, 6.45) is -0.309. The molecule has 0 atom stereocenters. The largest absolute Gasteiger partial charge is 0.521 e. The van der Waals surface area contributed by atoms with Gasteiger partial charge in [-0.2, -0.15) is 0 Å². The number of hydrogen-bond acceptors (Lipinski definition) is 7. The number of rotatable bonds is 4. The quantitative estimate of drug-likeness (QED) is 0.562. The highest BCUT2D eigenvalue weighted by atomic mass is 16.7. The summed E-state index contributed by atoms with van der Waals surface area (Å²) in [7, 11) is 1.18. The molecule has 1 heterocycles. The fourth-order valence-corrected chi connectivity index (χ4v) is 0.903. The van der Waals surface area contributed by atoms with Gasteiger partial charge in [0.2, 0.25) is 0 Å². The molecule has 7 heteroatoms. The zero-order valence-corrected chi connectivity index (χ0v) is 9.27. The highest BCUT2D eigenvalue weighted by Gasteiger charge is 2.18. The van der Waals surface area contributed by atoms with Crippen LogP contribution in [0.3, 0.4) is 0 Å². The lowest BCUT2D eigenvalue weighted by molar-refractivity contribution is -0.141. The maximum Gasteiger partial charge on any atom is 0.521 e. The van der Waals surface area contributed by atoms with E-state index < -0.39 is 17.8 Å². The van der Waals surface area contributed by atoms with Crippen molar-refractivity contribution in [2.45, 2.75) is 13.3 Å². The van der Waals surface area contributed by atoms with E-state index in [0.29, 0.717) is 0 Å². The molecule has 0 fully saturated rings. The van der Waals surface area contributed by atoms with Gasteiger partial charge in [0.05, 0.1) is 13.5 Å². The number of methoxy groups -OCH3 is 1. The molecule has 0 aliphatic carbocycles. The average Bonchev–Trinajstić information content (AvgIpc) is 2.57. The van der Waals surface area contributed by atoms with E-state index in [1.165, 1.54) is 14.0 Å². The van der Waals surface area contributed by atoms with Crippen LogP contribution < -0.4 is 10.6 Å². The van der Waals surface area contributed by atoms with Gasteiger partial charge in [0.15, 0.2) is 5.76 Å². The van der Waals surface area contributed by atoms with Crippen LogP contribution in [0.15, 0.2) is 25.8 Å². The Labute approximate surface area is 95.6 Å². The Bertz CT molecular complexity index is 505. The third-order valence-corrected chi connectivity index (χ3v) is 1.76. The van der Waals surface area contributed by atoms with Crippen LogP contribution in [0.25, 0.3) is 0 Å². The molecule has 0 aromatic carbocycles. The Morgan fingerprint density at radius 2 is 2.00 bits per heavy atom. The Kier molecular flexibility index (Phi) is 3.86. The van der Waals surface area contributed by atoms with Crippen LogP contribution in [-0.4, -0.2) is 19.0 Å². The Hall–Kier alpha value is -2.31. The second-order valence-electron chi connectivity index (χ2n) is 3.04. The van der Waals surface area contributed by atoms with Crippen LogP contribution >= 0.6 is 0 Å². The summed E-state index contributed by atoms with van der Waals surface area (Å²) < 4.78 is 17.9. The lowest BCUT2D eigenvalue weighted by Crippen LogP contribution is -2.14. The molecule has 92 valence electrons. The molecule has 0 unspecified atom stereocenters. The smallest absolute Gasteiger partial charge is 0.469 e. The molecule has 1 aromatic rings. The molecule has 0 N–H and O–H groups in total. The number of carbonyl (C=O) groups is 2. The number of carbonyl (C=O) groups excluding carboxylic acids is 2. The molecule has 1 aromatic heterocycles. The minimum absolute atomic E-state index is 0.0224. The molecule has 0 saturated heterocycles. The van der Waals surface area contributed by atoms with E-state index in [4.69, 9.17) is 0 Å². The molecule has 1 rings (SSSR count). The molecular formula is C10H10O7. The van der Waals surface area contributed by atoms with E-state index in [1.807, 2.05) is 0 Å². The van der Waals surface area contributed by atoms with Crippen molar-refractivity contribution in [3.8, 4) is 5.95 Å². The van der Waals surface area contributed by atoms with Crippen molar-refractivity contribution in [2.24, 2.45) is 0 Å². The van der Waals surface area contributed by atoms with Gasteiger partial charge in [-0.15, -0.1) is 0 Å². The zero-order valence-electron chi connectivity index (χ0n) is 9.27. The number of hydrogen-bond donors (Lipinski definition) is 0. The Morgan fingerprint density at radius 3 is 2.47 bits per heavy atom. The van der Waals surface area contributed by atoms with Crippen molar-refractivity contribution in [3.63, 3.8) is 0 Å².